The SMILES string of the molecule is CN(C)c1ccc(-c2nc(C(=O)Nc3cnn(C)c3CCC[C@@H](N)CCO)cs2)cn1. The Morgan fingerprint density at radius 2 is 2.13 bits per heavy atom. The molecule has 1 amide bonds. The minimum absolute atomic E-state index is 0.0222. The van der Waals surface area contributed by atoms with E-state index in [-0.39, 0.29) is 18.6 Å². The number of nitrogens with two attached hydrogens (primary N) is 1. The highest BCUT2D eigenvalue weighted by Crippen LogP contribution is 2.25. The van der Waals surface area contributed by atoms with Crippen molar-refractivity contribution < 1.29 is 9.90 Å². The molecule has 3 rings (SSSR count). The van der Waals surface area contributed by atoms with Gasteiger partial charge >= 0.3 is 0 Å². The van der Waals surface area contributed by atoms with Crippen molar-refractivity contribution in [2.75, 3.05) is 30.9 Å². The Kier molecular flexibility index (Phi) is 7.72. The second-order valence-corrected chi connectivity index (χ2v) is 8.44. The summed E-state index contributed by atoms with van der Waals surface area (Å²) in [7, 11) is 5.72. The van der Waals surface area contributed by atoms with E-state index in [1.54, 1.807) is 22.5 Å². The van der Waals surface area contributed by atoms with Crippen molar-refractivity contribution in [2.45, 2.75) is 31.7 Å². The maximum atomic E-state index is 12.8. The predicted molar refractivity (Wildman–Crippen MR) is 123 cm³/mol. The molecule has 0 aromatic carbocycles. The number of carbonyl (C=O) groups is 1. The number of nitrogens with one attached hydrogen (secondary N) is 1. The lowest BCUT2D eigenvalue weighted by Crippen LogP contribution is -2.21. The third kappa shape index (κ3) is 5.87. The van der Waals surface area contributed by atoms with E-state index in [1.165, 1.54) is 11.3 Å². The van der Waals surface area contributed by atoms with Crippen molar-refractivity contribution in [2.24, 2.45) is 12.8 Å². The van der Waals surface area contributed by atoms with E-state index in [4.69, 9.17) is 10.8 Å². The number of aryl methyl sites for hydroxylation is 1. The number of aliphatic hydroxyl groups excluding tert-OH is 1. The van der Waals surface area contributed by atoms with Crippen LogP contribution in [0, 0.1) is 0 Å². The molecule has 10 heteroatoms. The van der Waals surface area contributed by atoms with Crippen LogP contribution in [0.1, 0.15) is 35.4 Å². The molecule has 3 heterocycles. The molecule has 0 saturated carbocycles. The van der Waals surface area contributed by atoms with Gasteiger partial charge in [0.2, 0.25) is 0 Å². The average Bonchev–Trinajstić information content (AvgIpc) is 3.37. The number of aliphatic hydroxyl groups is 1. The van der Waals surface area contributed by atoms with Gasteiger partial charge in [0.05, 0.1) is 17.6 Å². The number of carbonyl (C=O) groups excluding carboxylic acids is 1. The first kappa shape index (κ1) is 22.9. The van der Waals surface area contributed by atoms with Crippen LogP contribution in [0.4, 0.5) is 11.5 Å². The zero-order valence-electron chi connectivity index (χ0n) is 18.1. The summed E-state index contributed by atoms with van der Waals surface area (Å²) in [6.07, 6.45) is 6.39. The van der Waals surface area contributed by atoms with Gasteiger partial charge in [-0.05, 0) is 37.8 Å². The van der Waals surface area contributed by atoms with Gasteiger partial charge in [-0.3, -0.25) is 9.48 Å². The number of thiazole rings is 1. The summed E-state index contributed by atoms with van der Waals surface area (Å²) in [6.45, 7) is 0.0969. The first-order chi connectivity index (χ1) is 14.9. The zero-order chi connectivity index (χ0) is 22.4. The summed E-state index contributed by atoms with van der Waals surface area (Å²) in [4.78, 5) is 23.6. The van der Waals surface area contributed by atoms with Crippen molar-refractivity contribution in [1.82, 2.24) is 19.7 Å². The molecule has 166 valence electrons. The van der Waals surface area contributed by atoms with Crippen LogP contribution in [0.2, 0.25) is 0 Å². The Bertz CT molecular complexity index is 998. The number of amides is 1. The highest BCUT2D eigenvalue weighted by Gasteiger charge is 2.16. The molecule has 0 aliphatic carbocycles. The van der Waals surface area contributed by atoms with E-state index >= 15 is 0 Å². The Morgan fingerprint density at radius 3 is 2.81 bits per heavy atom. The molecule has 31 heavy (non-hydrogen) atoms. The van der Waals surface area contributed by atoms with Gasteiger partial charge in [0, 0.05) is 50.9 Å². The molecular weight excluding hydrogens is 414 g/mol. The Balaban J connectivity index is 1.64. The fraction of sp³-hybridized carbons (Fsp3) is 0.429. The van der Waals surface area contributed by atoms with Gasteiger partial charge in [-0.1, -0.05) is 0 Å². The van der Waals surface area contributed by atoms with Crippen LogP contribution in [0.25, 0.3) is 10.6 Å². The van der Waals surface area contributed by atoms with Crippen LogP contribution in [-0.2, 0) is 13.5 Å². The molecule has 0 spiro atoms. The fourth-order valence-corrected chi connectivity index (χ4v) is 3.97. The molecule has 0 radical (unpaired) electrons. The van der Waals surface area contributed by atoms with E-state index in [2.05, 4.69) is 20.4 Å². The van der Waals surface area contributed by atoms with E-state index in [0.29, 0.717) is 17.8 Å². The second kappa shape index (κ2) is 10.5. The molecule has 0 aliphatic heterocycles. The first-order valence-electron chi connectivity index (χ1n) is 10.2. The van der Waals surface area contributed by atoms with E-state index in [0.717, 1.165) is 41.3 Å². The van der Waals surface area contributed by atoms with Gasteiger partial charge in [0.15, 0.2) is 0 Å². The topological polar surface area (TPSA) is 122 Å². The maximum Gasteiger partial charge on any atom is 0.275 e. The zero-order valence-corrected chi connectivity index (χ0v) is 18.9. The largest absolute Gasteiger partial charge is 0.396 e. The first-order valence-corrected chi connectivity index (χ1v) is 11.0. The summed E-state index contributed by atoms with van der Waals surface area (Å²) >= 11 is 1.41. The molecule has 3 aromatic rings. The summed E-state index contributed by atoms with van der Waals surface area (Å²) in [5, 5.41) is 18.7. The number of anilines is 2. The molecule has 0 aliphatic rings. The van der Waals surface area contributed by atoms with E-state index < -0.39 is 0 Å². The lowest BCUT2D eigenvalue weighted by Gasteiger charge is -2.11. The third-order valence-electron chi connectivity index (χ3n) is 4.99. The number of rotatable bonds is 10. The van der Waals surface area contributed by atoms with Crippen molar-refractivity contribution in [3.8, 4) is 10.6 Å². The lowest BCUT2D eigenvalue weighted by atomic mass is 10.1. The van der Waals surface area contributed by atoms with Crippen LogP contribution in [0.15, 0.2) is 29.9 Å². The molecule has 0 saturated heterocycles. The van der Waals surface area contributed by atoms with Gasteiger partial charge in [-0.15, -0.1) is 11.3 Å². The van der Waals surface area contributed by atoms with Crippen LogP contribution in [-0.4, -0.2) is 57.5 Å². The number of nitrogens with zero attached hydrogens (tertiary/aromatic N) is 5. The highest BCUT2D eigenvalue weighted by atomic mass is 32.1. The van der Waals surface area contributed by atoms with Crippen molar-refractivity contribution >= 4 is 28.7 Å². The summed E-state index contributed by atoms with van der Waals surface area (Å²) in [5.74, 6) is 0.589. The van der Waals surface area contributed by atoms with Crippen LogP contribution in [0.3, 0.4) is 0 Å². The smallest absolute Gasteiger partial charge is 0.275 e. The standard InChI is InChI=1S/C21H29N7O2S/c1-27(2)19-8-7-14(11-23-19)21-26-17(13-31-21)20(30)25-16-12-24-28(3)18(16)6-4-5-15(22)9-10-29/h7-8,11-13,15,29H,4-6,9-10,22H2,1-3H3,(H,25,30)/t15-/m1/s1. The Morgan fingerprint density at radius 1 is 1.32 bits per heavy atom. The summed E-state index contributed by atoms with van der Waals surface area (Å²) in [5.41, 5.74) is 8.80. The fourth-order valence-electron chi connectivity index (χ4n) is 3.18. The Hall–Kier alpha value is -2.82. The lowest BCUT2D eigenvalue weighted by molar-refractivity contribution is 0.102. The van der Waals surface area contributed by atoms with Gasteiger partial charge in [-0.25, -0.2) is 9.97 Å². The molecule has 0 unspecified atom stereocenters. The molecule has 3 aromatic heterocycles. The number of hydrogen-bond donors (Lipinski definition) is 3. The quantitative estimate of drug-likeness (QED) is 0.439. The minimum Gasteiger partial charge on any atom is -0.396 e. The van der Waals surface area contributed by atoms with Crippen LogP contribution >= 0.6 is 11.3 Å². The number of aromatic nitrogens is 4. The Labute approximate surface area is 185 Å². The van der Waals surface area contributed by atoms with Crippen LogP contribution < -0.4 is 16.0 Å². The van der Waals surface area contributed by atoms with Gasteiger partial charge in [0.1, 0.15) is 16.5 Å². The van der Waals surface area contributed by atoms with Gasteiger partial charge in [-0.2, -0.15) is 5.10 Å². The minimum atomic E-state index is -0.272. The number of hydrogen-bond acceptors (Lipinski definition) is 8. The van der Waals surface area contributed by atoms with Gasteiger partial charge in [0.25, 0.3) is 5.91 Å². The highest BCUT2D eigenvalue weighted by molar-refractivity contribution is 7.13. The predicted octanol–water partition coefficient (Wildman–Crippen LogP) is 2.29. The second-order valence-electron chi connectivity index (χ2n) is 7.58. The van der Waals surface area contributed by atoms with Crippen molar-refractivity contribution in [1.29, 1.82) is 0 Å². The molecule has 9 nitrogen and oxygen atoms in total. The molecule has 0 fully saturated rings. The van der Waals surface area contributed by atoms with Crippen molar-refractivity contribution in [3.63, 3.8) is 0 Å². The monoisotopic (exact) mass is 443 g/mol. The molecule has 1 atom stereocenters. The summed E-state index contributed by atoms with van der Waals surface area (Å²) < 4.78 is 1.76. The maximum absolute atomic E-state index is 12.8. The van der Waals surface area contributed by atoms with E-state index in [1.807, 2.05) is 38.2 Å². The third-order valence-corrected chi connectivity index (χ3v) is 5.88. The van der Waals surface area contributed by atoms with E-state index in [9.17, 15) is 4.79 Å². The normalized spacial score (nSPS) is 12.0. The summed E-state index contributed by atoms with van der Waals surface area (Å²) in [6, 6.07) is 3.85. The number of pyridine rings is 1. The average molecular weight is 444 g/mol. The van der Waals surface area contributed by atoms with Crippen LogP contribution in [0.5, 0.6) is 0 Å². The van der Waals surface area contributed by atoms with Crippen molar-refractivity contribution in [3.05, 3.63) is 41.3 Å². The van der Waals surface area contributed by atoms with Gasteiger partial charge < -0.3 is 21.1 Å². The molecular formula is C21H29N7O2S. The molecule has 4 N–H and O–H groups in total. The molecule has 0 bridgehead atoms.